The zero-order valence-corrected chi connectivity index (χ0v) is 34.6. The number of H-pyrrole nitrogens is 1. The van der Waals surface area contributed by atoms with E-state index in [1.807, 2.05) is 60.9 Å². The molecule has 4 aliphatic heterocycles. The summed E-state index contributed by atoms with van der Waals surface area (Å²) in [5.74, 6) is -0.485. The van der Waals surface area contributed by atoms with Gasteiger partial charge in [-0.3, -0.25) is 19.5 Å². The van der Waals surface area contributed by atoms with E-state index in [4.69, 9.17) is 13.9 Å². The number of aromatic nitrogens is 1. The maximum atomic E-state index is 13.2. The van der Waals surface area contributed by atoms with Crippen LogP contribution in [0.5, 0.6) is 0 Å². The molecule has 4 aliphatic rings. The summed E-state index contributed by atoms with van der Waals surface area (Å²) >= 11 is 0. The molecule has 7 rings (SSSR count). The quantitative estimate of drug-likeness (QED) is 0.271. The number of carbonyl (C=O) groups is 4. The number of para-hydroxylation sites is 1. The zero-order valence-electron chi connectivity index (χ0n) is 34.6. The molecule has 3 aromatic rings. The van der Waals surface area contributed by atoms with Crippen LogP contribution in [-0.4, -0.2) is 145 Å². The number of nitrogens with one attached hydrogen (secondary N) is 2. The molecule has 0 spiro atoms. The molecule has 3 fully saturated rings. The first-order chi connectivity index (χ1) is 28.0. The molecule has 0 saturated carbocycles. The highest BCUT2D eigenvalue weighted by atomic mass is 16.5. The van der Waals surface area contributed by atoms with Crippen LogP contribution in [0.4, 0.5) is 15.3 Å². The second kappa shape index (κ2) is 20.2. The number of urea groups is 1. The fourth-order valence-electron chi connectivity index (χ4n) is 8.73. The Balaban J connectivity index is 0.000000220. The van der Waals surface area contributed by atoms with E-state index in [2.05, 4.69) is 26.2 Å². The molecule has 2 aromatic carbocycles. The van der Waals surface area contributed by atoms with E-state index in [0.717, 1.165) is 107 Å². The first-order valence-corrected chi connectivity index (χ1v) is 21.0. The molecule has 0 unspecified atom stereocenters. The average Bonchev–Trinajstić information content (AvgIpc) is 3.54. The SMILES string of the molecule is CCCOC(=O)CCN1CCN(C2CCN(C(=O)[C@H](C)Cc3cc(C)c4[nH]c(=O)oc4c3)CC2)CC1.COC(=O)N1CCC(N2CCc3ccccc3NC2=O)CC1. The Morgan fingerprint density at radius 2 is 1.59 bits per heavy atom. The Labute approximate surface area is 340 Å². The fourth-order valence-corrected chi connectivity index (χ4v) is 8.73. The number of likely N-dealkylation sites (tertiary alicyclic amines) is 2. The lowest BCUT2D eigenvalue weighted by Gasteiger charge is -2.43. The van der Waals surface area contributed by atoms with Gasteiger partial charge in [0.1, 0.15) is 0 Å². The fraction of sp³-hybridized carbons (Fsp3) is 0.605. The topological polar surface area (TPSA) is 161 Å². The minimum Gasteiger partial charge on any atom is -0.466 e. The summed E-state index contributed by atoms with van der Waals surface area (Å²) in [4.78, 5) is 73.7. The molecular formula is C43H61N7O8. The highest BCUT2D eigenvalue weighted by Crippen LogP contribution is 2.26. The van der Waals surface area contributed by atoms with Crippen molar-refractivity contribution < 1.29 is 33.1 Å². The molecule has 15 heteroatoms. The van der Waals surface area contributed by atoms with Gasteiger partial charge < -0.3 is 38.8 Å². The zero-order chi connectivity index (χ0) is 41.2. The van der Waals surface area contributed by atoms with Crippen LogP contribution >= 0.6 is 0 Å². The Morgan fingerprint density at radius 1 is 0.897 bits per heavy atom. The van der Waals surface area contributed by atoms with Crippen LogP contribution in [-0.2, 0) is 31.9 Å². The predicted molar refractivity (Wildman–Crippen MR) is 221 cm³/mol. The summed E-state index contributed by atoms with van der Waals surface area (Å²) in [6.07, 6.45) is 6.10. The largest absolute Gasteiger partial charge is 0.466 e. The standard InChI is InChI=1S/C27H40N4O5.C16H21N3O3/c1-4-15-35-24(32)7-8-29-11-13-30(14-12-29)22-5-9-31(10-6-22)26(33)20(3)17-21-16-19(2)25-23(18-21)36-27(34)28-25;1-22-16(21)18-9-7-13(8-10-18)19-11-6-12-4-2-3-5-14(12)17-15(19)20/h16,18,20,22H,4-15,17H2,1-3H3,(H,28,34);2-5,13H,6-11H2,1H3,(H,17,20)/t20-;/m1./s1. The van der Waals surface area contributed by atoms with Gasteiger partial charge in [0.05, 0.1) is 25.7 Å². The number of amides is 4. The van der Waals surface area contributed by atoms with E-state index in [1.165, 1.54) is 12.7 Å². The molecule has 2 N–H and O–H groups in total. The smallest absolute Gasteiger partial charge is 0.417 e. The van der Waals surface area contributed by atoms with Gasteiger partial charge in [0, 0.05) is 89.1 Å². The number of piperazine rings is 1. The number of piperidine rings is 2. The number of fused-ring (bicyclic) bond motifs is 2. The third-order valence-corrected chi connectivity index (χ3v) is 12.0. The van der Waals surface area contributed by atoms with Gasteiger partial charge >= 0.3 is 23.8 Å². The van der Waals surface area contributed by atoms with Crippen molar-refractivity contribution in [1.82, 2.24) is 29.5 Å². The van der Waals surface area contributed by atoms with Crippen LogP contribution in [0.15, 0.2) is 45.6 Å². The number of anilines is 1. The van der Waals surface area contributed by atoms with Crippen LogP contribution in [0, 0.1) is 12.8 Å². The molecule has 0 aliphatic carbocycles. The number of oxazole rings is 1. The molecule has 58 heavy (non-hydrogen) atoms. The highest BCUT2D eigenvalue weighted by Gasteiger charge is 2.33. The van der Waals surface area contributed by atoms with Crippen molar-refractivity contribution in [3.05, 3.63) is 63.6 Å². The summed E-state index contributed by atoms with van der Waals surface area (Å²) in [5.41, 5.74) is 5.31. The normalized spacial score (nSPS) is 19.1. The molecule has 316 valence electrons. The van der Waals surface area contributed by atoms with Gasteiger partial charge in [-0.2, -0.15) is 0 Å². The van der Waals surface area contributed by atoms with Crippen LogP contribution in [0.3, 0.4) is 0 Å². The lowest BCUT2D eigenvalue weighted by atomic mass is 9.96. The number of nitrogens with zero attached hydrogens (tertiary/aromatic N) is 5. The van der Waals surface area contributed by atoms with Crippen molar-refractivity contribution in [3.8, 4) is 0 Å². The second-order valence-electron chi connectivity index (χ2n) is 16.0. The number of aromatic amines is 1. The van der Waals surface area contributed by atoms with Gasteiger partial charge in [-0.05, 0) is 80.7 Å². The molecule has 1 aromatic heterocycles. The monoisotopic (exact) mass is 803 g/mol. The summed E-state index contributed by atoms with van der Waals surface area (Å²) in [6.45, 7) is 14.7. The number of esters is 1. The van der Waals surface area contributed by atoms with E-state index < -0.39 is 5.76 Å². The van der Waals surface area contributed by atoms with Gasteiger partial charge in [0.2, 0.25) is 5.91 Å². The van der Waals surface area contributed by atoms with Crippen LogP contribution in [0.1, 0.15) is 69.1 Å². The third-order valence-electron chi connectivity index (χ3n) is 12.0. The summed E-state index contributed by atoms with van der Waals surface area (Å²) < 4.78 is 15.2. The van der Waals surface area contributed by atoms with Gasteiger partial charge in [-0.15, -0.1) is 0 Å². The van der Waals surface area contributed by atoms with Gasteiger partial charge in [-0.1, -0.05) is 38.1 Å². The van der Waals surface area contributed by atoms with Gasteiger partial charge in [-0.25, -0.2) is 14.4 Å². The Hall–Kier alpha value is -4.89. The van der Waals surface area contributed by atoms with E-state index in [1.54, 1.807) is 4.90 Å². The lowest BCUT2D eigenvalue weighted by molar-refractivity contribution is -0.144. The molecule has 5 heterocycles. The van der Waals surface area contributed by atoms with Gasteiger partial charge in [0.25, 0.3) is 0 Å². The number of ether oxygens (including phenoxy) is 2. The molecule has 0 bridgehead atoms. The van der Waals surface area contributed by atoms with Crippen molar-refractivity contribution in [2.45, 2.75) is 84.2 Å². The molecule has 0 radical (unpaired) electrons. The van der Waals surface area contributed by atoms with Crippen LogP contribution in [0.2, 0.25) is 0 Å². The van der Waals surface area contributed by atoms with Crippen molar-refractivity contribution >= 4 is 40.8 Å². The number of hydrogen-bond acceptors (Lipinski definition) is 10. The summed E-state index contributed by atoms with van der Waals surface area (Å²) in [7, 11) is 1.40. The molecule has 3 saturated heterocycles. The first-order valence-electron chi connectivity index (χ1n) is 21.0. The molecule has 15 nitrogen and oxygen atoms in total. The minimum atomic E-state index is -0.453. The third kappa shape index (κ3) is 11.0. The van der Waals surface area contributed by atoms with Crippen molar-refractivity contribution in [3.63, 3.8) is 0 Å². The number of rotatable bonds is 10. The van der Waals surface area contributed by atoms with Crippen molar-refractivity contribution in [2.75, 3.05) is 84.5 Å². The molecular weight excluding hydrogens is 743 g/mol. The Bertz CT molecular complexity index is 1920. The lowest BCUT2D eigenvalue weighted by Crippen LogP contribution is -2.54. The Morgan fingerprint density at radius 3 is 2.29 bits per heavy atom. The number of benzene rings is 2. The van der Waals surface area contributed by atoms with Crippen LogP contribution in [0.25, 0.3) is 11.1 Å². The Kier molecular flexibility index (Phi) is 14.9. The van der Waals surface area contributed by atoms with Crippen molar-refractivity contribution in [1.29, 1.82) is 0 Å². The van der Waals surface area contributed by atoms with Gasteiger partial charge in [0.15, 0.2) is 5.58 Å². The highest BCUT2D eigenvalue weighted by molar-refractivity contribution is 5.91. The number of hydrogen-bond donors (Lipinski definition) is 2. The summed E-state index contributed by atoms with van der Waals surface area (Å²) in [5, 5.41) is 3.00. The maximum Gasteiger partial charge on any atom is 0.417 e. The maximum absolute atomic E-state index is 13.2. The van der Waals surface area contributed by atoms with E-state index in [9.17, 15) is 24.0 Å². The van der Waals surface area contributed by atoms with Crippen LogP contribution < -0.4 is 11.1 Å². The number of aryl methyl sites for hydroxylation is 1. The number of methoxy groups -OCH3 is 1. The van der Waals surface area contributed by atoms with E-state index >= 15 is 0 Å². The summed E-state index contributed by atoms with van der Waals surface area (Å²) in [6, 6.07) is 12.5. The average molecular weight is 804 g/mol. The molecule has 4 amide bonds. The molecule has 1 atom stereocenters. The minimum absolute atomic E-state index is 0.0403. The number of carbonyl (C=O) groups excluding carboxylic acids is 4. The van der Waals surface area contributed by atoms with E-state index in [0.29, 0.717) is 50.7 Å². The predicted octanol–water partition coefficient (Wildman–Crippen LogP) is 4.87. The second-order valence-corrected chi connectivity index (χ2v) is 16.0. The first kappa shape index (κ1) is 42.7. The van der Waals surface area contributed by atoms with E-state index in [-0.39, 0.29) is 36.0 Å². The van der Waals surface area contributed by atoms with Crippen molar-refractivity contribution in [2.24, 2.45) is 5.92 Å².